The molecular formula is C11H15N3O. The zero-order valence-electron chi connectivity index (χ0n) is 8.97. The summed E-state index contributed by atoms with van der Waals surface area (Å²) in [5.74, 6) is 1.28. The Bertz CT molecular complexity index is 417. The Morgan fingerprint density at radius 2 is 2.27 bits per heavy atom. The van der Waals surface area contributed by atoms with Gasteiger partial charge in [0.1, 0.15) is 0 Å². The zero-order valence-corrected chi connectivity index (χ0v) is 8.97. The summed E-state index contributed by atoms with van der Waals surface area (Å²) in [4.78, 5) is 8.48. The molecule has 2 heterocycles. The Hall–Kier alpha value is -1.42. The molecule has 0 amide bonds. The number of aromatic nitrogens is 2. The van der Waals surface area contributed by atoms with E-state index < -0.39 is 0 Å². The van der Waals surface area contributed by atoms with Crippen LogP contribution >= 0.6 is 0 Å². The molecule has 0 bridgehead atoms. The number of pyridine rings is 1. The van der Waals surface area contributed by atoms with Crippen molar-refractivity contribution in [2.45, 2.75) is 19.8 Å². The van der Waals surface area contributed by atoms with Crippen molar-refractivity contribution in [2.75, 3.05) is 6.54 Å². The van der Waals surface area contributed by atoms with Crippen molar-refractivity contribution in [3.63, 3.8) is 0 Å². The van der Waals surface area contributed by atoms with Gasteiger partial charge >= 0.3 is 0 Å². The summed E-state index contributed by atoms with van der Waals surface area (Å²) in [6.45, 7) is 4.77. The number of fused-ring (bicyclic) bond motifs is 1. The van der Waals surface area contributed by atoms with Crippen molar-refractivity contribution in [1.29, 1.82) is 0 Å². The summed E-state index contributed by atoms with van der Waals surface area (Å²) in [5.41, 5.74) is 7.09. The first-order valence-corrected chi connectivity index (χ1v) is 5.14. The molecule has 2 N–H and O–H groups in total. The molecule has 80 valence electrons. The van der Waals surface area contributed by atoms with Crippen molar-refractivity contribution >= 4 is 11.2 Å². The highest BCUT2D eigenvalue weighted by atomic mass is 16.3. The predicted octanol–water partition coefficient (Wildman–Crippen LogP) is 1.92. The molecule has 0 spiro atoms. The van der Waals surface area contributed by atoms with Crippen molar-refractivity contribution in [3.8, 4) is 0 Å². The SMILES string of the molecule is CC(C)C(CN)c1nc2ncccc2o1. The van der Waals surface area contributed by atoms with Crippen molar-refractivity contribution in [2.24, 2.45) is 11.7 Å². The second-order valence-electron chi connectivity index (χ2n) is 3.96. The Morgan fingerprint density at radius 3 is 2.87 bits per heavy atom. The number of oxazole rings is 1. The lowest BCUT2D eigenvalue weighted by Gasteiger charge is -2.13. The van der Waals surface area contributed by atoms with Gasteiger partial charge in [-0.3, -0.25) is 0 Å². The largest absolute Gasteiger partial charge is 0.439 e. The number of hydrogen-bond donors (Lipinski definition) is 1. The van der Waals surface area contributed by atoms with Gasteiger partial charge in [0.25, 0.3) is 0 Å². The van der Waals surface area contributed by atoms with Gasteiger partial charge in [0, 0.05) is 12.7 Å². The topological polar surface area (TPSA) is 64.9 Å². The summed E-state index contributed by atoms with van der Waals surface area (Å²) in [6.07, 6.45) is 1.71. The molecule has 0 radical (unpaired) electrons. The van der Waals surface area contributed by atoms with E-state index in [0.717, 1.165) is 5.58 Å². The van der Waals surface area contributed by atoms with Crippen LogP contribution in [0, 0.1) is 5.92 Å². The molecule has 1 atom stereocenters. The number of rotatable bonds is 3. The first-order valence-electron chi connectivity index (χ1n) is 5.14. The fraction of sp³-hybridized carbons (Fsp3) is 0.455. The Morgan fingerprint density at radius 1 is 1.47 bits per heavy atom. The highest BCUT2D eigenvalue weighted by Crippen LogP contribution is 2.25. The van der Waals surface area contributed by atoms with E-state index >= 15 is 0 Å². The third kappa shape index (κ3) is 1.85. The van der Waals surface area contributed by atoms with Gasteiger partial charge in [-0.1, -0.05) is 13.8 Å². The number of nitrogens with zero attached hydrogens (tertiary/aromatic N) is 2. The quantitative estimate of drug-likeness (QED) is 0.831. The van der Waals surface area contributed by atoms with Crippen LogP contribution in [0.25, 0.3) is 11.2 Å². The molecule has 0 aromatic carbocycles. The summed E-state index contributed by atoms with van der Waals surface area (Å²) < 4.78 is 5.63. The molecule has 2 rings (SSSR count). The average molecular weight is 205 g/mol. The minimum atomic E-state index is 0.166. The molecule has 1 unspecified atom stereocenters. The highest BCUT2D eigenvalue weighted by Gasteiger charge is 2.20. The van der Waals surface area contributed by atoms with E-state index in [9.17, 15) is 0 Å². The van der Waals surface area contributed by atoms with E-state index in [-0.39, 0.29) is 5.92 Å². The monoisotopic (exact) mass is 205 g/mol. The zero-order chi connectivity index (χ0) is 10.8. The van der Waals surface area contributed by atoms with Crippen LogP contribution < -0.4 is 5.73 Å². The van der Waals surface area contributed by atoms with Gasteiger partial charge in [0.15, 0.2) is 11.2 Å². The van der Waals surface area contributed by atoms with Crippen LogP contribution in [0.15, 0.2) is 22.7 Å². The molecule has 4 nitrogen and oxygen atoms in total. The van der Waals surface area contributed by atoms with Crippen LogP contribution in [0.4, 0.5) is 0 Å². The van der Waals surface area contributed by atoms with E-state index in [4.69, 9.17) is 10.2 Å². The van der Waals surface area contributed by atoms with Gasteiger partial charge < -0.3 is 10.2 Å². The van der Waals surface area contributed by atoms with E-state index in [1.807, 2.05) is 12.1 Å². The lowest BCUT2D eigenvalue weighted by atomic mass is 9.96. The minimum Gasteiger partial charge on any atom is -0.439 e. The molecular weight excluding hydrogens is 190 g/mol. The van der Waals surface area contributed by atoms with Crippen molar-refractivity contribution in [3.05, 3.63) is 24.2 Å². The molecule has 15 heavy (non-hydrogen) atoms. The van der Waals surface area contributed by atoms with Crippen LogP contribution in [-0.4, -0.2) is 16.5 Å². The second kappa shape index (κ2) is 3.98. The molecule has 0 saturated carbocycles. The minimum absolute atomic E-state index is 0.166. The van der Waals surface area contributed by atoms with Crippen LogP contribution in [0.3, 0.4) is 0 Å². The predicted molar refractivity (Wildman–Crippen MR) is 58.4 cm³/mol. The molecule has 0 saturated heterocycles. The molecule has 0 aliphatic rings. The van der Waals surface area contributed by atoms with E-state index in [2.05, 4.69) is 23.8 Å². The average Bonchev–Trinajstić information content (AvgIpc) is 2.61. The standard InChI is InChI=1S/C11H15N3O/c1-7(2)8(6-12)11-14-10-9(15-11)4-3-5-13-10/h3-5,7-8H,6,12H2,1-2H3. The molecule has 2 aromatic rings. The van der Waals surface area contributed by atoms with E-state index in [1.165, 1.54) is 0 Å². The van der Waals surface area contributed by atoms with Crippen LogP contribution in [0.1, 0.15) is 25.7 Å². The lowest BCUT2D eigenvalue weighted by Crippen LogP contribution is -2.18. The van der Waals surface area contributed by atoms with Gasteiger partial charge in [-0.25, -0.2) is 4.98 Å². The molecule has 4 heteroatoms. The normalized spacial score (nSPS) is 13.6. The third-order valence-electron chi connectivity index (χ3n) is 2.56. The maximum Gasteiger partial charge on any atom is 0.201 e. The van der Waals surface area contributed by atoms with Gasteiger partial charge in [0.05, 0.1) is 5.92 Å². The molecule has 0 aliphatic carbocycles. The molecule has 2 aromatic heterocycles. The van der Waals surface area contributed by atoms with Gasteiger partial charge in [-0.15, -0.1) is 0 Å². The Balaban J connectivity index is 2.43. The van der Waals surface area contributed by atoms with Gasteiger partial charge in [0.2, 0.25) is 5.89 Å². The fourth-order valence-electron chi connectivity index (χ4n) is 1.60. The van der Waals surface area contributed by atoms with Gasteiger partial charge in [-0.2, -0.15) is 4.98 Å². The fourth-order valence-corrected chi connectivity index (χ4v) is 1.60. The number of nitrogens with two attached hydrogens (primary N) is 1. The maximum atomic E-state index is 5.71. The summed E-state index contributed by atoms with van der Waals surface area (Å²) >= 11 is 0. The third-order valence-corrected chi connectivity index (χ3v) is 2.56. The van der Waals surface area contributed by atoms with Gasteiger partial charge in [-0.05, 0) is 18.1 Å². The first-order chi connectivity index (χ1) is 7.22. The van der Waals surface area contributed by atoms with Crippen LogP contribution in [-0.2, 0) is 0 Å². The van der Waals surface area contributed by atoms with Crippen molar-refractivity contribution < 1.29 is 4.42 Å². The molecule has 0 fully saturated rings. The van der Waals surface area contributed by atoms with Crippen molar-refractivity contribution in [1.82, 2.24) is 9.97 Å². The lowest BCUT2D eigenvalue weighted by molar-refractivity contribution is 0.400. The highest BCUT2D eigenvalue weighted by molar-refractivity contribution is 5.67. The Labute approximate surface area is 88.5 Å². The van der Waals surface area contributed by atoms with Crippen LogP contribution in [0.5, 0.6) is 0 Å². The number of hydrogen-bond acceptors (Lipinski definition) is 4. The summed E-state index contributed by atoms with van der Waals surface area (Å²) in [7, 11) is 0. The smallest absolute Gasteiger partial charge is 0.201 e. The molecule has 0 aliphatic heterocycles. The van der Waals surface area contributed by atoms with E-state index in [0.29, 0.717) is 24.0 Å². The second-order valence-corrected chi connectivity index (χ2v) is 3.96. The first kappa shape index (κ1) is 10.1. The van der Waals surface area contributed by atoms with E-state index in [1.54, 1.807) is 6.20 Å². The Kier molecular flexibility index (Phi) is 2.68. The van der Waals surface area contributed by atoms with Crippen LogP contribution in [0.2, 0.25) is 0 Å². The maximum absolute atomic E-state index is 5.71. The summed E-state index contributed by atoms with van der Waals surface area (Å²) in [6, 6.07) is 3.71. The summed E-state index contributed by atoms with van der Waals surface area (Å²) in [5, 5.41) is 0.